The van der Waals surface area contributed by atoms with Gasteiger partial charge in [0.05, 0.1) is 10.3 Å². The maximum atomic E-state index is 11.9. The van der Waals surface area contributed by atoms with Crippen molar-refractivity contribution in [1.29, 1.82) is 0 Å². The third-order valence-corrected chi connectivity index (χ3v) is 4.44. The molecule has 2 atom stereocenters. The van der Waals surface area contributed by atoms with E-state index in [4.69, 9.17) is 11.6 Å². The molecule has 7 heteroatoms. The van der Waals surface area contributed by atoms with Gasteiger partial charge in [-0.05, 0) is 12.1 Å². The molecule has 2 N–H and O–H groups in total. The van der Waals surface area contributed by atoms with E-state index in [9.17, 15) is 14.7 Å². The number of rotatable bonds is 4. The van der Waals surface area contributed by atoms with Crippen LogP contribution in [0.4, 0.5) is 0 Å². The Hall–Kier alpha value is -1.11. The van der Waals surface area contributed by atoms with Crippen LogP contribution in [0.5, 0.6) is 0 Å². The number of likely N-dealkylation sites (tertiary alicyclic amines) is 1. The molecule has 2 amide bonds. The quantitative estimate of drug-likeness (QED) is 0.873. The number of carbonyl (C=O) groups is 2. The highest BCUT2D eigenvalue weighted by Crippen LogP contribution is 2.26. The summed E-state index contributed by atoms with van der Waals surface area (Å²) in [6.07, 6.45) is -0.528. The monoisotopic (exact) mass is 302 g/mol. The number of nitrogens with zero attached hydrogens (tertiary/aromatic N) is 1. The number of amides is 2. The number of aliphatic hydroxyl groups is 1. The summed E-state index contributed by atoms with van der Waals surface area (Å²) in [5, 5.41) is 12.6. The highest BCUT2D eigenvalue weighted by Gasteiger charge is 2.32. The Kier molecular flexibility index (Phi) is 4.44. The van der Waals surface area contributed by atoms with Gasteiger partial charge in [-0.1, -0.05) is 11.6 Å². The van der Waals surface area contributed by atoms with E-state index in [1.165, 1.54) is 11.3 Å². The van der Waals surface area contributed by atoms with E-state index in [0.29, 0.717) is 15.8 Å². The van der Waals surface area contributed by atoms with Crippen molar-refractivity contribution in [2.75, 3.05) is 20.1 Å². The molecule has 19 heavy (non-hydrogen) atoms. The van der Waals surface area contributed by atoms with Gasteiger partial charge in [0.1, 0.15) is 6.10 Å². The molecule has 1 aromatic heterocycles. The topological polar surface area (TPSA) is 69.6 Å². The molecule has 0 aliphatic carbocycles. The van der Waals surface area contributed by atoms with Crippen molar-refractivity contribution in [2.45, 2.75) is 12.5 Å². The first-order valence-corrected chi connectivity index (χ1v) is 7.12. The first kappa shape index (κ1) is 14.3. The predicted molar refractivity (Wildman–Crippen MR) is 73.0 cm³/mol. The first-order chi connectivity index (χ1) is 8.97. The van der Waals surface area contributed by atoms with Gasteiger partial charge in [0.25, 0.3) is 0 Å². The second-order valence-corrected chi connectivity index (χ2v) is 6.32. The summed E-state index contributed by atoms with van der Waals surface area (Å²) >= 11 is 7.06. The van der Waals surface area contributed by atoms with Crippen molar-refractivity contribution in [1.82, 2.24) is 10.2 Å². The number of hydrogen-bond donors (Lipinski definition) is 2. The number of aliphatic hydroxyl groups excluding tert-OH is 1. The molecule has 1 aliphatic heterocycles. The van der Waals surface area contributed by atoms with Crippen LogP contribution in [0.2, 0.25) is 4.34 Å². The van der Waals surface area contributed by atoms with Crippen LogP contribution in [0.1, 0.15) is 17.4 Å². The van der Waals surface area contributed by atoms with Crippen LogP contribution in [0.3, 0.4) is 0 Å². The Balaban J connectivity index is 1.82. The standard InChI is InChI=1S/C12H15ClN2O3S/c1-15-6-7(4-11(15)17)12(18)14-5-8(16)9-2-3-10(13)19-9/h2-3,7-8,16H,4-6H2,1H3,(H,14,18). The van der Waals surface area contributed by atoms with Gasteiger partial charge in [-0.2, -0.15) is 0 Å². The fourth-order valence-corrected chi connectivity index (χ4v) is 3.04. The van der Waals surface area contributed by atoms with Gasteiger partial charge in [-0.25, -0.2) is 0 Å². The molecular formula is C12H15ClN2O3S. The number of hydrogen-bond acceptors (Lipinski definition) is 4. The van der Waals surface area contributed by atoms with Crippen molar-refractivity contribution in [3.05, 3.63) is 21.3 Å². The van der Waals surface area contributed by atoms with Crippen LogP contribution in [0.15, 0.2) is 12.1 Å². The summed E-state index contributed by atoms with van der Waals surface area (Å²) in [6.45, 7) is 0.565. The van der Waals surface area contributed by atoms with Gasteiger partial charge >= 0.3 is 0 Å². The molecule has 2 unspecified atom stereocenters. The largest absolute Gasteiger partial charge is 0.386 e. The van der Waals surface area contributed by atoms with Gasteiger partial charge in [-0.3, -0.25) is 9.59 Å². The van der Waals surface area contributed by atoms with Crippen LogP contribution < -0.4 is 5.32 Å². The van der Waals surface area contributed by atoms with E-state index in [2.05, 4.69) is 5.32 Å². The van der Waals surface area contributed by atoms with Crippen LogP contribution >= 0.6 is 22.9 Å². The SMILES string of the molecule is CN1CC(C(=O)NCC(O)c2ccc(Cl)s2)CC1=O. The molecule has 104 valence electrons. The lowest BCUT2D eigenvalue weighted by atomic mass is 10.1. The third kappa shape index (κ3) is 3.46. The summed E-state index contributed by atoms with van der Waals surface area (Å²) in [4.78, 5) is 25.4. The highest BCUT2D eigenvalue weighted by atomic mass is 35.5. The maximum absolute atomic E-state index is 11.9. The third-order valence-electron chi connectivity index (χ3n) is 3.10. The van der Waals surface area contributed by atoms with Crippen molar-refractivity contribution >= 4 is 34.8 Å². The van der Waals surface area contributed by atoms with Gasteiger partial charge in [0.2, 0.25) is 11.8 Å². The maximum Gasteiger partial charge on any atom is 0.225 e. The molecule has 5 nitrogen and oxygen atoms in total. The minimum Gasteiger partial charge on any atom is -0.386 e. The average molecular weight is 303 g/mol. The zero-order valence-corrected chi connectivity index (χ0v) is 12.0. The summed E-state index contributed by atoms with van der Waals surface area (Å²) in [6, 6.07) is 3.44. The molecule has 1 aromatic rings. The minimum atomic E-state index is -0.767. The second kappa shape index (κ2) is 5.90. The summed E-state index contributed by atoms with van der Waals surface area (Å²) in [5.41, 5.74) is 0. The molecule has 1 aliphatic rings. The molecule has 0 aromatic carbocycles. The van der Waals surface area contributed by atoms with Crippen LogP contribution in [-0.2, 0) is 9.59 Å². The molecule has 1 fully saturated rings. The lowest BCUT2D eigenvalue weighted by Crippen LogP contribution is -2.34. The van der Waals surface area contributed by atoms with Crippen LogP contribution in [-0.4, -0.2) is 42.0 Å². The molecule has 1 saturated heterocycles. The van der Waals surface area contributed by atoms with Gasteiger partial charge in [0.15, 0.2) is 0 Å². The Labute approximate surface area is 120 Å². The molecule has 2 heterocycles. The Morgan fingerprint density at radius 2 is 2.42 bits per heavy atom. The lowest BCUT2D eigenvalue weighted by Gasteiger charge is -2.13. The Bertz CT molecular complexity index is 491. The Morgan fingerprint density at radius 3 is 2.95 bits per heavy atom. The number of halogens is 1. The van der Waals surface area contributed by atoms with Crippen LogP contribution in [0.25, 0.3) is 0 Å². The lowest BCUT2D eigenvalue weighted by molar-refractivity contribution is -0.128. The number of thiophene rings is 1. The van der Waals surface area contributed by atoms with Gasteiger partial charge in [0, 0.05) is 31.4 Å². The smallest absolute Gasteiger partial charge is 0.225 e. The number of nitrogens with one attached hydrogen (secondary N) is 1. The number of carbonyl (C=O) groups excluding carboxylic acids is 2. The zero-order chi connectivity index (χ0) is 14.0. The van der Waals surface area contributed by atoms with E-state index in [-0.39, 0.29) is 30.7 Å². The Morgan fingerprint density at radius 1 is 1.68 bits per heavy atom. The second-order valence-electron chi connectivity index (χ2n) is 4.58. The molecule has 0 bridgehead atoms. The summed E-state index contributed by atoms with van der Waals surface area (Å²) in [7, 11) is 1.68. The van der Waals surface area contributed by atoms with E-state index in [1.54, 1.807) is 24.1 Å². The summed E-state index contributed by atoms with van der Waals surface area (Å²) in [5.74, 6) is -0.540. The molecule has 2 rings (SSSR count). The van der Waals surface area contributed by atoms with Crippen molar-refractivity contribution in [3.8, 4) is 0 Å². The summed E-state index contributed by atoms with van der Waals surface area (Å²) < 4.78 is 0.600. The van der Waals surface area contributed by atoms with E-state index in [0.717, 1.165) is 0 Å². The predicted octanol–water partition coefficient (Wildman–Crippen LogP) is 1.03. The molecule has 0 radical (unpaired) electrons. The fraction of sp³-hybridized carbons (Fsp3) is 0.500. The van der Waals surface area contributed by atoms with E-state index in [1.807, 2.05) is 0 Å². The molecular weight excluding hydrogens is 288 g/mol. The molecule has 0 saturated carbocycles. The van der Waals surface area contributed by atoms with Gasteiger partial charge < -0.3 is 15.3 Å². The minimum absolute atomic E-state index is 0.0225. The van der Waals surface area contributed by atoms with Gasteiger partial charge in [-0.15, -0.1) is 11.3 Å². The van der Waals surface area contributed by atoms with Crippen molar-refractivity contribution < 1.29 is 14.7 Å². The normalized spacial score (nSPS) is 20.7. The fourth-order valence-electron chi connectivity index (χ4n) is 1.99. The molecule has 0 spiro atoms. The average Bonchev–Trinajstić information content (AvgIpc) is 2.93. The van der Waals surface area contributed by atoms with Crippen molar-refractivity contribution in [2.24, 2.45) is 5.92 Å². The van der Waals surface area contributed by atoms with E-state index >= 15 is 0 Å². The highest BCUT2D eigenvalue weighted by molar-refractivity contribution is 7.16. The van der Waals surface area contributed by atoms with Crippen molar-refractivity contribution in [3.63, 3.8) is 0 Å². The van der Waals surface area contributed by atoms with Crippen LogP contribution in [0, 0.1) is 5.92 Å². The van der Waals surface area contributed by atoms with E-state index < -0.39 is 6.10 Å². The zero-order valence-electron chi connectivity index (χ0n) is 10.4. The first-order valence-electron chi connectivity index (χ1n) is 5.92.